The summed E-state index contributed by atoms with van der Waals surface area (Å²) in [7, 11) is 0. The van der Waals surface area contributed by atoms with Gasteiger partial charge in [0.05, 0.1) is 6.42 Å². The molecular weight excluding hydrogens is 252 g/mol. The summed E-state index contributed by atoms with van der Waals surface area (Å²) in [6, 6.07) is 5.93. The summed E-state index contributed by atoms with van der Waals surface area (Å²) in [6.45, 7) is 2.24. The largest absolute Gasteiger partial charge is 0.481 e. The molecule has 1 N–H and O–H groups in total. The van der Waals surface area contributed by atoms with Crippen LogP contribution in [0, 0.1) is 0 Å². The molecule has 2 rings (SSSR count). The second-order valence-electron chi connectivity index (χ2n) is 4.22. The molecule has 1 heterocycles. The third-order valence-electron chi connectivity index (χ3n) is 2.69. The van der Waals surface area contributed by atoms with Gasteiger partial charge in [0.1, 0.15) is 0 Å². The molecule has 98 valence electrons. The van der Waals surface area contributed by atoms with E-state index in [-0.39, 0.29) is 11.7 Å². The van der Waals surface area contributed by atoms with Crippen molar-refractivity contribution in [2.45, 2.75) is 25.0 Å². The summed E-state index contributed by atoms with van der Waals surface area (Å²) in [5, 5.41) is 8.81. The number of carboxylic acid groups (broad SMARTS) is 1. The summed E-state index contributed by atoms with van der Waals surface area (Å²) >= 11 is 1.68. The first kappa shape index (κ1) is 13.1. The van der Waals surface area contributed by atoms with Gasteiger partial charge >= 0.3 is 5.97 Å². The van der Waals surface area contributed by atoms with Crippen LogP contribution in [0.25, 0.3) is 0 Å². The minimum Gasteiger partial charge on any atom is -0.481 e. The van der Waals surface area contributed by atoms with E-state index < -0.39 is 5.97 Å². The predicted molar refractivity (Wildman–Crippen MR) is 70.4 cm³/mol. The zero-order chi connectivity index (χ0) is 13.0. The number of rotatable bonds is 6. The molecule has 0 saturated carbocycles. The zero-order valence-corrected chi connectivity index (χ0v) is 11.0. The lowest BCUT2D eigenvalue weighted by molar-refractivity contribution is -0.136. The number of hydrogen-bond donors (Lipinski definition) is 1. The summed E-state index contributed by atoms with van der Waals surface area (Å²) in [4.78, 5) is 10.5. The SMILES string of the molecule is CC(CC(=O)O)SCCc1ccc2c(c1)OCO2. The van der Waals surface area contributed by atoms with Crippen molar-refractivity contribution in [2.24, 2.45) is 0 Å². The number of carboxylic acids is 1. The highest BCUT2D eigenvalue weighted by Crippen LogP contribution is 2.32. The van der Waals surface area contributed by atoms with Crippen LogP contribution in [0.5, 0.6) is 11.5 Å². The summed E-state index contributed by atoms with van der Waals surface area (Å²) in [5.74, 6) is 1.77. The number of hydrogen-bond acceptors (Lipinski definition) is 4. The van der Waals surface area contributed by atoms with Crippen LogP contribution in [0.3, 0.4) is 0 Å². The van der Waals surface area contributed by atoms with Gasteiger partial charge in [-0.15, -0.1) is 0 Å². The van der Waals surface area contributed by atoms with Crippen molar-refractivity contribution < 1.29 is 19.4 Å². The molecule has 0 radical (unpaired) electrons. The lowest BCUT2D eigenvalue weighted by Gasteiger charge is -2.08. The van der Waals surface area contributed by atoms with E-state index in [0.717, 1.165) is 23.7 Å². The van der Waals surface area contributed by atoms with Gasteiger partial charge in [-0.25, -0.2) is 0 Å². The van der Waals surface area contributed by atoms with Crippen molar-refractivity contribution in [2.75, 3.05) is 12.5 Å². The van der Waals surface area contributed by atoms with E-state index in [2.05, 4.69) is 0 Å². The predicted octanol–water partition coefficient (Wildman–Crippen LogP) is 2.55. The Morgan fingerprint density at radius 2 is 2.22 bits per heavy atom. The first-order valence-corrected chi connectivity index (χ1v) is 6.92. The van der Waals surface area contributed by atoms with Gasteiger partial charge < -0.3 is 14.6 Å². The van der Waals surface area contributed by atoms with Crippen LogP contribution in [0.4, 0.5) is 0 Å². The smallest absolute Gasteiger partial charge is 0.304 e. The number of aliphatic carboxylic acids is 1. The molecule has 1 aromatic carbocycles. The van der Waals surface area contributed by atoms with Crippen LogP contribution in [0.2, 0.25) is 0 Å². The molecule has 0 amide bonds. The molecule has 0 aliphatic carbocycles. The fourth-order valence-electron chi connectivity index (χ4n) is 1.78. The van der Waals surface area contributed by atoms with E-state index in [4.69, 9.17) is 14.6 Å². The quantitative estimate of drug-likeness (QED) is 0.859. The van der Waals surface area contributed by atoms with Gasteiger partial charge in [-0.05, 0) is 29.9 Å². The Labute approximate surface area is 110 Å². The Balaban J connectivity index is 1.78. The van der Waals surface area contributed by atoms with E-state index in [0.29, 0.717) is 6.79 Å². The van der Waals surface area contributed by atoms with Crippen LogP contribution in [0.15, 0.2) is 18.2 Å². The van der Waals surface area contributed by atoms with Crippen LogP contribution >= 0.6 is 11.8 Å². The molecule has 1 atom stereocenters. The Morgan fingerprint density at radius 3 is 3.00 bits per heavy atom. The number of ether oxygens (including phenoxy) is 2. The Hall–Kier alpha value is -1.36. The highest BCUT2D eigenvalue weighted by atomic mass is 32.2. The van der Waals surface area contributed by atoms with Crippen molar-refractivity contribution in [3.63, 3.8) is 0 Å². The molecule has 0 fully saturated rings. The first-order chi connectivity index (χ1) is 8.65. The van der Waals surface area contributed by atoms with Gasteiger partial charge in [0.2, 0.25) is 6.79 Å². The van der Waals surface area contributed by atoms with Gasteiger partial charge in [0.25, 0.3) is 0 Å². The second-order valence-corrected chi connectivity index (χ2v) is 5.76. The van der Waals surface area contributed by atoms with E-state index in [9.17, 15) is 4.79 Å². The highest BCUT2D eigenvalue weighted by molar-refractivity contribution is 7.99. The topological polar surface area (TPSA) is 55.8 Å². The van der Waals surface area contributed by atoms with Gasteiger partial charge in [0.15, 0.2) is 11.5 Å². The minimum absolute atomic E-state index is 0.150. The van der Waals surface area contributed by atoms with Crippen molar-refractivity contribution in [3.05, 3.63) is 23.8 Å². The van der Waals surface area contributed by atoms with E-state index in [1.807, 2.05) is 25.1 Å². The third-order valence-corrected chi connectivity index (χ3v) is 3.87. The molecule has 5 heteroatoms. The number of aryl methyl sites for hydroxylation is 1. The Bertz CT molecular complexity index is 433. The molecule has 0 bridgehead atoms. The monoisotopic (exact) mass is 268 g/mol. The van der Waals surface area contributed by atoms with E-state index in [1.165, 1.54) is 5.56 Å². The molecule has 0 spiro atoms. The number of thioether (sulfide) groups is 1. The normalized spacial score (nSPS) is 14.5. The average Bonchev–Trinajstić information content (AvgIpc) is 2.75. The van der Waals surface area contributed by atoms with E-state index >= 15 is 0 Å². The molecule has 4 nitrogen and oxygen atoms in total. The maximum Gasteiger partial charge on any atom is 0.304 e. The van der Waals surface area contributed by atoms with Crippen LogP contribution in [-0.2, 0) is 11.2 Å². The molecule has 0 aromatic heterocycles. The molecule has 0 saturated heterocycles. The van der Waals surface area contributed by atoms with Crippen LogP contribution in [-0.4, -0.2) is 28.9 Å². The lowest BCUT2D eigenvalue weighted by Crippen LogP contribution is -2.06. The Kier molecular flexibility index (Phi) is 4.36. The van der Waals surface area contributed by atoms with Crippen molar-refractivity contribution in [1.29, 1.82) is 0 Å². The summed E-state index contributed by atoms with van der Waals surface area (Å²) < 4.78 is 10.6. The first-order valence-electron chi connectivity index (χ1n) is 5.87. The summed E-state index contributed by atoms with van der Waals surface area (Å²) in [6.07, 6.45) is 1.12. The number of benzene rings is 1. The van der Waals surface area contributed by atoms with Gasteiger partial charge in [-0.1, -0.05) is 13.0 Å². The van der Waals surface area contributed by atoms with Crippen molar-refractivity contribution >= 4 is 17.7 Å². The molecule has 18 heavy (non-hydrogen) atoms. The van der Waals surface area contributed by atoms with Gasteiger partial charge in [0, 0.05) is 5.25 Å². The maximum absolute atomic E-state index is 10.5. The van der Waals surface area contributed by atoms with E-state index in [1.54, 1.807) is 11.8 Å². The maximum atomic E-state index is 10.5. The van der Waals surface area contributed by atoms with Crippen LogP contribution < -0.4 is 9.47 Å². The van der Waals surface area contributed by atoms with Gasteiger partial charge in [-0.3, -0.25) is 4.79 Å². The molecule has 1 aliphatic rings. The van der Waals surface area contributed by atoms with Crippen molar-refractivity contribution in [1.82, 2.24) is 0 Å². The summed E-state index contributed by atoms with van der Waals surface area (Å²) in [5.41, 5.74) is 1.19. The molecular formula is C13H16O4S. The number of fused-ring (bicyclic) bond motifs is 1. The van der Waals surface area contributed by atoms with Gasteiger partial charge in [-0.2, -0.15) is 11.8 Å². The highest BCUT2D eigenvalue weighted by Gasteiger charge is 2.13. The standard InChI is InChI=1S/C13H16O4S/c1-9(6-13(14)15)18-5-4-10-2-3-11-12(7-10)17-8-16-11/h2-3,7,9H,4-6,8H2,1H3,(H,14,15). The second kappa shape index (κ2) is 6.00. The van der Waals surface area contributed by atoms with Crippen molar-refractivity contribution in [3.8, 4) is 11.5 Å². The minimum atomic E-state index is -0.738. The zero-order valence-electron chi connectivity index (χ0n) is 10.2. The average molecular weight is 268 g/mol. The lowest BCUT2D eigenvalue weighted by atomic mass is 10.1. The fraction of sp³-hybridized carbons (Fsp3) is 0.462. The fourth-order valence-corrected chi connectivity index (χ4v) is 2.80. The van der Waals surface area contributed by atoms with Crippen LogP contribution in [0.1, 0.15) is 18.9 Å². The Morgan fingerprint density at radius 1 is 1.44 bits per heavy atom. The molecule has 1 unspecified atom stereocenters. The molecule has 1 aliphatic heterocycles. The number of carbonyl (C=O) groups is 1. The molecule has 1 aromatic rings. The third kappa shape index (κ3) is 3.57.